The molecule has 1 N–H and O–H groups in total. The predicted molar refractivity (Wildman–Crippen MR) is 390 cm³/mol. The molecule has 0 heterocycles. The van der Waals surface area contributed by atoms with Gasteiger partial charge in [-0.15, -0.1) is 0 Å². The number of phosphoric acid groups is 1. The van der Waals surface area contributed by atoms with Crippen LogP contribution in [0.5, 0.6) is 0 Å². The minimum atomic E-state index is -4.40. The Balaban J connectivity index is 3.97. The molecular formula is C80H145NO8P+. The molecule has 0 spiro atoms. The second-order valence-corrected chi connectivity index (χ2v) is 28.1. The molecule has 10 heteroatoms. The summed E-state index contributed by atoms with van der Waals surface area (Å²) in [5.74, 6) is -0.787. The number of unbranched alkanes of at least 4 members (excludes halogenated alkanes) is 40. The van der Waals surface area contributed by atoms with Crippen LogP contribution in [0.25, 0.3) is 0 Å². The molecular weight excluding hydrogens is 1130 g/mol. The van der Waals surface area contributed by atoms with Crippen molar-refractivity contribution in [2.45, 2.75) is 354 Å². The number of allylic oxidation sites excluding steroid dienone is 16. The third kappa shape index (κ3) is 74.0. The van der Waals surface area contributed by atoms with E-state index in [-0.39, 0.29) is 32.0 Å². The molecule has 2 unspecified atom stereocenters. The zero-order chi connectivity index (χ0) is 65.5. The van der Waals surface area contributed by atoms with Gasteiger partial charge in [0.25, 0.3) is 0 Å². The summed E-state index contributed by atoms with van der Waals surface area (Å²) in [5, 5.41) is 0. The maximum absolute atomic E-state index is 12.9. The molecule has 9 nitrogen and oxygen atoms in total. The van der Waals surface area contributed by atoms with Crippen molar-refractivity contribution in [2.24, 2.45) is 0 Å². The summed E-state index contributed by atoms with van der Waals surface area (Å²) >= 11 is 0. The molecule has 0 aromatic rings. The van der Waals surface area contributed by atoms with E-state index in [2.05, 4.69) is 111 Å². The van der Waals surface area contributed by atoms with Crippen molar-refractivity contribution in [3.05, 3.63) is 97.2 Å². The Bertz CT molecular complexity index is 1840. The van der Waals surface area contributed by atoms with Crippen LogP contribution in [0.1, 0.15) is 348 Å². The van der Waals surface area contributed by atoms with Crippen molar-refractivity contribution in [3.8, 4) is 0 Å². The standard InChI is InChI=1S/C80H144NO8P/c1-6-8-10-12-14-16-18-20-22-24-26-28-30-32-34-36-37-38-39-40-41-42-43-45-46-48-50-52-54-56-58-60-62-64-66-68-70-72-79(82)86-76-78(77-88-90(84,85)87-75-74-81(3,4)5)89-80(83)73-71-69-67-65-63-61-59-57-55-53-51-49-47-44-35-33-31-29-27-25-23-21-19-17-15-13-11-9-7-2/h9,11,15,17-18,20-21,23-24,26-27,29-30,32-33,35,78H,6-8,10,12-14,16,19,22,25,28,31,34,36-77H2,1-5H3/p+1/b11-9-,17-15-,20-18-,23-21-,26-24-,29-27-,32-30-,35-33-. The Morgan fingerprint density at radius 1 is 0.356 bits per heavy atom. The molecule has 0 radical (unpaired) electrons. The lowest BCUT2D eigenvalue weighted by atomic mass is 10.0. The van der Waals surface area contributed by atoms with Gasteiger partial charge in [-0.05, 0) is 96.3 Å². The molecule has 0 aliphatic heterocycles. The van der Waals surface area contributed by atoms with Gasteiger partial charge in [-0.1, -0.05) is 336 Å². The van der Waals surface area contributed by atoms with Crippen LogP contribution in [0.3, 0.4) is 0 Å². The maximum atomic E-state index is 12.9. The molecule has 2 atom stereocenters. The Labute approximate surface area is 557 Å². The molecule has 522 valence electrons. The maximum Gasteiger partial charge on any atom is 0.472 e. The lowest BCUT2D eigenvalue weighted by molar-refractivity contribution is -0.870. The molecule has 0 rings (SSSR count). The van der Waals surface area contributed by atoms with E-state index in [0.717, 1.165) is 83.5 Å². The van der Waals surface area contributed by atoms with Crippen molar-refractivity contribution in [3.63, 3.8) is 0 Å². The number of quaternary nitrogens is 1. The number of hydrogen-bond donors (Lipinski definition) is 1. The van der Waals surface area contributed by atoms with Crippen molar-refractivity contribution >= 4 is 19.8 Å². The van der Waals surface area contributed by atoms with Gasteiger partial charge in [0.1, 0.15) is 19.8 Å². The number of hydrogen-bond acceptors (Lipinski definition) is 7. The summed E-state index contributed by atoms with van der Waals surface area (Å²) in [5.41, 5.74) is 0. The average molecular weight is 1280 g/mol. The summed E-state index contributed by atoms with van der Waals surface area (Å²) in [6.45, 7) is 4.35. The summed E-state index contributed by atoms with van der Waals surface area (Å²) in [6.07, 6.45) is 98.2. The highest BCUT2D eigenvalue weighted by molar-refractivity contribution is 7.47. The number of rotatable bonds is 70. The highest BCUT2D eigenvalue weighted by Gasteiger charge is 2.27. The van der Waals surface area contributed by atoms with Gasteiger partial charge in [-0.25, -0.2) is 4.57 Å². The van der Waals surface area contributed by atoms with Crippen molar-refractivity contribution in [2.75, 3.05) is 47.5 Å². The monoisotopic (exact) mass is 1280 g/mol. The second kappa shape index (κ2) is 70.3. The number of phosphoric ester groups is 1. The fraction of sp³-hybridized carbons (Fsp3) is 0.775. The van der Waals surface area contributed by atoms with Crippen molar-refractivity contribution in [1.29, 1.82) is 0 Å². The van der Waals surface area contributed by atoms with Gasteiger partial charge in [0.05, 0.1) is 27.7 Å². The van der Waals surface area contributed by atoms with Crippen LogP contribution in [-0.2, 0) is 32.7 Å². The molecule has 0 saturated carbocycles. The zero-order valence-electron chi connectivity index (χ0n) is 59.6. The van der Waals surface area contributed by atoms with Gasteiger partial charge in [0.15, 0.2) is 6.10 Å². The first-order chi connectivity index (χ1) is 44.0. The molecule has 90 heavy (non-hydrogen) atoms. The van der Waals surface area contributed by atoms with E-state index in [4.69, 9.17) is 18.5 Å². The largest absolute Gasteiger partial charge is 0.472 e. The first-order valence-electron chi connectivity index (χ1n) is 38.0. The normalized spacial score (nSPS) is 13.6. The van der Waals surface area contributed by atoms with E-state index in [1.54, 1.807) is 0 Å². The molecule has 0 bridgehead atoms. The number of carbonyl (C=O) groups excluding carboxylic acids is 2. The minimum absolute atomic E-state index is 0.0300. The van der Waals surface area contributed by atoms with E-state index in [1.807, 2.05) is 21.1 Å². The van der Waals surface area contributed by atoms with E-state index < -0.39 is 26.5 Å². The van der Waals surface area contributed by atoms with E-state index >= 15 is 0 Å². The van der Waals surface area contributed by atoms with Gasteiger partial charge >= 0.3 is 19.8 Å². The SMILES string of the molecule is CC/C=C\C/C=C\C/C=C\C/C=C\C/C=C\CCCCCCCCCCCCCCCC(=O)OC(COC(=O)CCCCCCCCCCCCCCCCCCCCCCCC/C=C\C/C=C\C/C=C\CCCCCCC)COP(=O)(O)OCC[N+](C)(C)C. The number of nitrogens with zero attached hydrogens (tertiary/aromatic N) is 1. The van der Waals surface area contributed by atoms with Crippen LogP contribution in [0.4, 0.5) is 0 Å². The summed E-state index contributed by atoms with van der Waals surface area (Å²) < 4.78 is 34.8. The molecule has 0 aromatic carbocycles. The number of ether oxygens (including phenoxy) is 2. The minimum Gasteiger partial charge on any atom is -0.462 e. The fourth-order valence-electron chi connectivity index (χ4n) is 10.8. The lowest BCUT2D eigenvalue weighted by Crippen LogP contribution is -2.37. The van der Waals surface area contributed by atoms with Crippen molar-refractivity contribution < 1.29 is 42.1 Å². The molecule has 0 saturated heterocycles. The number of likely N-dealkylation sites (N-methyl/N-ethyl adjacent to an activating group) is 1. The molecule has 0 fully saturated rings. The van der Waals surface area contributed by atoms with Gasteiger partial charge in [-0.2, -0.15) is 0 Å². The fourth-order valence-corrected chi connectivity index (χ4v) is 11.6. The van der Waals surface area contributed by atoms with Crippen LogP contribution in [0.2, 0.25) is 0 Å². The first-order valence-corrected chi connectivity index (χ1v) is 39.5. The summed E-state index contributed by atoms with van der Waals surface area (Å²) in [7, 11) is 1.48. The molecule has 0 amide bonds. The molecule has 0 aromatic heterocycles. The average Bonchev–Trinajstić information content (AvgIpc) is 3.58. The summed E-state index contributed by atoms with van der Waals surface area (Å²) in [4.78, 5) is 35.9. The Morgan fingerprint density at radius 2 is 0.633 bits per heavy atom. The predicted octanol–water partition coefficient (Wildman–Crippen LogP) is 25.1. The third-order valence-electron chi connectivity index (χ3n) is 16.6. The topological polar surface area (TPSA) is 108 Å². The number of esters is 2. The zero-order valence-corrected chi connectivity index (χ0v) is 60.5. The lowest BCUT2D eigenvalue weighted by Gasteiger charge is -2.24. The molecule has 0 aliphatic rings. The smallest absolute Gasteiger partial charge is 0.462 e. The van der Waals surface area contributed by atoms with Gasteiger partial charge in [-0.3, -0.25) is 18.6 Å². The van der Waals surface area contributed by atoms with Crippen molar-refractivity contribution in [1.82, 2.24) is 0 Å². The highest BCUT2D eigenvalue weighted by atomic mass is 31.2. The first kappa shape index (κ1) is 86.9. The van der Waals surface area contributed by atoms with E-state index in [0.29, 0.717) is 17.4 Å². The van der Waals surface area contributed by atoms with Crippen LogP contribution < -0.4 is 0 Å². The second-order valence-electron chi connectivity index (χ2n) is 26.7. The Hall–Kier alpha value is -3.07. The van der Waals surface area contributed by atoms with E-state index in [9.17, 15) is 19.0 Å². The highest BCUT2D eigenvalue weighted by Crippen LogP contribution is 2.43. The Morgan fingerprint density at radius 3 is 0.944 bits per heavy atom. The van der Waals surface area contributed by atoms with Crippen LogP contribution in [0.15, 0.2) is 97.2 Å². The quantitative estimate of drug-likeness (QED) is 0.0211. The van der Waals surface area contributed by atoms with Gasteiger partial charge in [0.2, 0.25) is 0 Å². The van der Waals surface area contributed by atoms with Crippen LogP contribution in [-0.4, -0.2) is 74.9 Å². The number of carbonyl (C=O) groups is 2. The third-order valence-corrected chi connectivity index (χ3v) is 17.6. The van der Waals surface area contributed by atoms with Gasteiger partial charge in [0, 0.05) is 12.8 Å². The summed E-state index contributed by atoms with van der Waals surface area (Å²) in [6, 6.07) is 0. The van der Waals surface area contributed by atoms with Gasteiger partial charge < -0.3 is 18.9 Å². The van der Waals surface area contributed by atoms with Crippen LogP contribution >= 0.6 is 7.82 Å². The molecule has 0 aliphatic carbocycles. The van der Waals surface area contributed by atoms with Crippen LogP contribution in [0, 0.1) is 0 Å². The van der Waals surface area contributed by atoms with E-state index in [1.165, 1.54) is 231 Å². The Kier molecular flexibility index (Phi) is 67.9.